The van der Waals surface area contributed by atoms with Gasteiger partial charge in [0.05, 0.1) is 6.61 Å². The summed E-state index contributed by atoms with van der Waals surface area (Å²) in [6, 6.07) is 7.35. The molecule has 2 rings (SSSR count). The van der Waals surface area contributed by atoms with E-state index in [0.717, 1.165) is 31.8 Å². The number of rotatable bonds is 7. The van der Waals surface area contributed by atoms with Crippen LogP contribution in [0.15, 0.2) is 24.3 Å². The molecule has 1 N–H and O–H groups in total. The summed E-state index contributed by atoms with van der Waals surface area (Å²) in [4.78, 5) is 13.7. The van der Waals surface area contributed by atoms with Crippen molar-refractivity contribution in [1.82, 2.24) is 10.2 Å². The van der Waals surface area contributed by atoms with Gasteiger partial charge in [-0.3, -0.25) is 4.79 Å². The molecule has 1 amide bonds. The molecule has 1 aromatic carbocycles. The quantitative estimate of drug-likeness (QED) is 0.780. The van der Waals surface area contributed by atoms with Crippen LogP contribution in [0.4, 0.5) is 0 Å². The van der Waals surface area contributed by atoms with Crippen molar-refractivity contribution < 1.29 is 9.53 Å². The Hall–Kier alpha value is -0.970. The second-order valence-corrected chi connectivity index (χ2v) is 5.64. The van der Waals surface area contributed by atoms with E-state index in [4.69, 9.17) is 16.3 Å². The van der Waals surface area contributed by atoms with Gasteiger partial charge in [-0.15, -0.1) is 12.4 Å². The van der Waals surface area contributed by atoms with Crippen molar-refractivity contribution in [2.75, 3.05) is 33.3 Å². The van der Waals surface area contributed by atoms with Gasteiger partial charge in [0.1, 0.15) is 5.75 Å². The fraction of sp³-hybridized carbons (Fsp3) is 0.533. The zero-order valence-corrected chi connectivity index (χ0v) is 13.8. The fourth-order valence-electron chi connectivity index (χ4n) is 2.07. The van der Waals surface area contributed by atoms with Crippen LogP contribution in [0.1, 0.15) is 12.8 Å². The first-order chi connectivity index (χ1) is 9.65. The van der Waals surface area contributed by atoms with E-state index in [-0.39, 0.29) is 18.3 Å². The topological polar surface area (TPSA) is 41.6 Å². The van der Waals surface area contributed by atoms with Gasteiger partial charge in [0.15, 0.2) is 0 Å². The molecule has 0 saturated carbocycles. The van der Waals surface area contributed by atoms with Crippen molar-refractivity contribution in [3.63, 3.8) is 0 Å². The normalized spacial score (nSPS) is 14.0. The molecule has 0 aromatic heterocycles. The third kappa shape index (κ3) is 6.12. The largest absolute Gasteiger partial charge is 0.493 e. The van der Waals surface area contributed by atoms with E-state index >= 15 is 0 Å². The van der Waals surface area contributed by atoms with Crippen LogP contribution >= 0.6 is 24.0 Å². The minimum Gasteiger partial charge on any atom is -0.493 e. The van der Waals surface area contributed by atoms with Crippen molar-refractivity contribution in [1.29, 1.82) is 0 Å². The van der Waals surface area contributed by atoms with Gasteiger partial charge in [0, 0.05) is 25.0 Å². The molecule has 1 aromatic rings. The number of hydrogen-bond acceptors (Lipinski definition) is 3. The Labute approximate surface area is 137 Å². The lowest BCUT2D eigenvalue weighted by atomic mass is 9.99. The predicted octanol–water partition coefficient (Wildman–Crippen LogP) is 2.60. The summed E-state index contributed by atoms with van der Waals surface area (Å²) < 4.78 is 5.60. The van der Waals surface area contributed by atoms with Crippen LogP contribution < -0.4 is 10.1 Å². The van der Waals surface area contributed by atoms with Crippen molar-refractivity contribution >= 4 is 29.9 Å². The standard InChI is InChI=1S/C15H21ClN2O2.ClH/c1-18(15(19)8-12-10-17-11-12)6-3-7-20-14-5-2-4-13(16)9-14;/h2,4-5,9,12,17H,3,6-8,10-11H2,1H3;1H. The second-order valence-electron chi connectivity index (χ2n) is 5.20. The molecular weight excluding hydrogens is 311 g/mol. The third-order valence-electron chi connectivity index (χ3n) is 3.46. The first-order valence-electron chi connectivity index (χ1n) is 6.98. The zero-order valence-electron chi connectivity index (χ0n) is 12.2. The average Bonchev–Trinajstić information content (AvgIpc) is 2.38. The molecule has 1 aliphatic heterocycles. The van der Waals surface area contributed by atoms with Gasteiger partial charge in [0.25, 0.3) is 0 Å². The van der Waals surface area contributed by atoms with Crippen molar-refractivity contribution in [2.24, 2.45) is 5.92 Å². The molecule has 1 saturated heterocycles. The molecule has 0 radical (unpaired) electrons. The number of nitrogens with zero attached hydrogens (tertiary/aromatic N) is 1. The average molecular weight is 333 g/mol. The highest BCUT2D eigenvalue weighted by molar-refractivity contribution is 6.30. The number of benzene rings is 1. The Morgan fingerprint density at radius 1 is 1.48 bits per heavy atom. The molecule has 118 valence electrons. The molecule has 1 fully saturated rings. The molecule has 0 spiro atoms. The molecule has 21 heavy (non-hydrogen) atoms. The van der Waals surface area contributed by atoms with E-state index in [1.807, 2.05) is 25.2 Å². The molecule has 6 heteroatoms. The van der Waals surface area contributed by atoms with Crippen molar-refractivity contribution in [3.8, 4) is 5.75 Å². The van der Waals surface area contributed by atoms with Gasteiger partial charge in [-0.25, -0.2) is 0 Å². The predicted molar refractivity (Wildman–Crippen MR) is 87.4 cm³/mol. The highest BCUT2D eigenvalue weighted by atomic mass is 35.5. The van der Waals surface area contributed by atoms with E-state index < -0.39 is 0 Å². The van der Waals surface area contributed by atoms with Gasteiger partial charge >= 0.3 is 0 Å². The molecule has 1 heterocycles. The minimum atomic E-state index is 0. The number of carbonyl (C=O) groups excluding carboxylic acids is 1. The lowest BCUT2D eigenvalue weighted by Crippen LogP contribution is -2.44. The molecule has 0 atom stereocenters. The van der Waals surface area contributed by atoms with Crippen LogP contribution in [-0.4, -0.2) is 44.1 Å². The summed E-state index contributed by atoms with van der Waals surface area (Å²) in [5.74, 6) is 1.51. The molecular formula is C15H22Cl2N2O2. The maximum absolute atomic E-state index is 11.9. The Bertz CT molecular complexity index is 453. The van der Waals surface area contributed by atoms with Crippen molar-refractivity contribution in [2.45, 2.75) is 12.8 Å². The van der Waals surface area contributed by atoms with Gasteiger partial charge in [-0.05, 0) is 43.6 Å². The molecule has 0 unspecified atom stereocenters. The fourth-order valence-corrected chi connectivity index (χ4v) is 2.25. The summed E-state index contributed by atoms with van der Waals surface area (Å²) in [6.07, 6.45) is 1.47. The highest BCUT2D eigenvalue weighted by Gasteiger charge is 2.21. The summed E-state index contributed by atoms with van der Waals surface area (Å²) in [7, 11) is 1.85. The minimum absolute atomic E-state index is 0. The zero-order chi connectivity index (χ0) is 14.4. The van der Waals surface area contributed by atoms with E-state index in [0.29, 0.717) is 24.0 Å². The van der Waals surface area contributed by atoms with Gasteiger partial charge in [-0.2, -0.15) is 0 Å². The molecule has 0 bridgehead atoms. The molecule has 0 aliphatic carbocycles. The number of carbonyl (C=O) groups is 1. The van der Waals surface area contributed by atoms with E-state index in [2.05, 4.69) is 5.32 Å². The summed E-state index contributed by atoms with van der Waals surface area (Å²) >= 11 is 5.88. The van der Waals surface area contributed by atoms with Gasteiger partial charge in [-0.1, -0.05) is 17.7 Å². The van der Waals surface area contributed by atoms with Crippen LogP contribution in [0, 0.1) is 5.92 Å². The van der Waals surface area contributed by atoms with Gasteiger partial charge in [0.2, 0.25) is 5.91 Å². The maximum atomic E-state index is 11.9. The smallest absolute Gasteiger partial charge is 0.222 e. The van der Waals surface area contributed by atoms with Crippen LogP contribution in [0.25, 0.3) is 0 Å². The van der Waals surface area contributed by atoms with E-state index in [1.54, 1.807) is 11.0 Å². The third-order valence-corrected chi connectivity index (χ3v) is 3.69. The Kier molecular flexibility index (Phi) is 7.86. The number of amides is 1. The maximum Gasteiger partial charge on any atom is 0.222 e. The Morgan fingerprint density at radius 2 is 2.24 bits per heavy atom. The summed E-state index contributed by atoms with van der Waals surface area (Å²) in [5, 5.41) is 3.85. The van der Waals surface area contributed by atoms with Gasteiger partial charge < -0.3 is 15.0 Å². The first-order valence-corrected chi connectivity index (χ1v) is 7.36. The monoisotopic (exact) mass is 332 g/mol. The van der Waals surface area contributed by atoms with Crippen LogP contribution in [0.3, 0.4) is 0 Å². The van der Waals surface area contributed by atoms with Crippen molar-refractivity contribution in [3.05, 3.63) is 29.3 Å². The summed E-state index contributed by atoms with van der Waals surface area (Å²) in [6.45, 7) is 3.25. The number of nitrogens with one attached hydrogen (secondary N) is 1. The number of halogens is 2. The first kappa shape index (κ1) is 18.1. The summed E-state index contributed by atoms with van der Waals surface area (Å²) in [5.41, 5.74) is 0. The number of hydrogen-bond donors (Lipinski definition) is 1. The van der Waals surface area contributed by atoms with Crippen LogP contribution in [0.2, 0.25) is 5.02 Å². The second kappa shape index (κ2) is 9.13. The van der Waals surface area contributed by atoms with E-state index in [1.165, 1.54) is 0 Å². The van der Waals surface area contributed by atoms with Crippen LogP contribution in [0.5, 0.6) is 5.75 Å². The SMILES string of the molecule is CN(CCCOc1cccc(Cl)c1)C(=O)CC1CNC1.Cl. The Morgan fingerprint density at radius 3 is 2.86 bits per heavy atom. The highest BCUT2D eigenvalue weighted by Crippen LogP contribution is 2.17. The number of ether oxygens (including phenoxy) is 1. The lowest BCUT2D eigenvalue weighted by molar-refractivity contribution is -0.131. The Balaban J connectivity index is 0.00000220. The molecule has 4 nitrogen and oxygen atoms in total. The van der Waals surface area contributed by atoms with E-state index in [9.17, 15) is 4.79 Å². The van der Waals surface area contributed by atoms with Crippen LogP contribution in [-0.2, 0) is 4.79 Å². The lowest BCUT2D eigenvalue weighted by Gasteiger charge is -2.28. The molecule has 1 aliphatic rings.